The van der Waals surface area contributed by atoms with Crippen molar-refractivity contribution in [3.63, 3.8) is 0 Å². The molecular formula is C7H10S. The third-order valence-corrected chi connectivity index (χ3v) is 1.14. The fourth-order valence-electron chi connectivity index (χ4n) is 0.337. The second-order valence-electron chi connectivity index (χ2n) is 1.34. The van der Waals surface area contributed by atoms with Gasteiger partial charge in [-0.05, 0) is 5.57 Å². The van der Waals surface area contributed by atoms with Crippen LogP contribution in [0, 0.1) is 0 Å². The molecule has 0 heterocycles. The molecule has 0 unspecified atom stereocenters. The summed E-state index contributed by atoms with van der Waals surface area (Å²) >= 11 is 4.04. The third-order valence-electron chi connectivity index (χ3n) is 0.777. The van der Waals surface area contributed by atoms with Crippen LogP contribution >= 0.6 is 12.6 Å². The largest absolute Gasteiger partial charge is 0.175 e. The number of thiol groups is 1. The van der Waals surface area contributed by atoms with E-state index >= 15 is 0 Å². The average molecular weight is 126 g/mol. The maximum Gasteiger partial charge on any atom is 0.0154 e. The van der Waals surface area contributed by atoms with Crippen molar-refractivity contribution < 1.29 is 0 Å². The van der Waals surface area contributed by atoms with E-state index in [1.165, 1.54) is 0 Å². The van der Waals surface area contributed by atoms with Crippen molar-refractivity contribution in [1.82, 2.24) is 0 Å². The van der Waals surface area contributed by atoms with Crippen LogP contribution in [0.4, 0.5) is 0 Å². The van der Waals surface area contributed by atoms with Gasteiger partial charge < -0.3 is 0 Å². The Hall–Kier alpha value is -0.430. The van der Waals surface area contributed by atoms with Crippen molar-refractivity contribution in [2.45, 2.75) is 0 Å². The first-order valence-electron chi connectivity index (χ1n) is 2.40. The average Bonchev–Trinajstić information content (AvgIpc) is 1.83. The molecular weight excluding hydrogens is 116 g/mol. The van der Waals surface area contributed by atoms with Crippen LogP contribution in [0.2, 0.25) is 0 Å². The van der Waals surface area contributed by atoms with Crippen LogP contribution < -0.4 is 0 Å². The molecule has 0 bridgehead atoms. The van der Waals surface area contributed by atoms with Crippen molar-refractivity contribution in [3.05, 3.63) is 37.0 Å². The van der Waals surface area contributed by atoms with Gasteiger partial charge in [0.1, 0.15) is 0 Å². The quantitative estimate of drug-likeness (QED) is 0.435. The topological polar surface area (TPSA) is 0 Å². The van der Waals surface area contributed by atoms with Gasteiger partial charge in [-0.15, -0.1) is 0 Å². The fourth-order valence-corrected chi connectivity index (χ4v) is 0.571. The summed E-state index contributed by atoms with van der Waals surface area (Å²) in [7, 11) is 0. The van der Waals surface area contributed by atoms with Crippen LogP contribution in [0.5, 0.6) is 0 Å². The molecule has 0 atom stereocenters. The van der Waals surface area contributed by atoms with E-state index in [-0.39, 0.29) is 0 Å². The monoisotopic (exact) mass is 126 g/mol. The lowest BCUT2D eigenvalue weighted by Crippen LogP contribution is -1.74. The third kappa shape index (κ3) is 2.69. The zero-order valence-corrected chi connectivity index (χ0v) is 5.70. The second kappa shape index (κ2) is 4.72. The van der Waals surface area contributed by atoms with E-state index in [0.717, 1.165) is 11.3 Å². The van der Waals surface area contributed by atoms with E-state index in [2.05, 4.69) is 25.8 Å². The predicted molar refractivity (Wildman–Crippen MR) is 42.3 cm³/mol. The summed E-state index contributed by atoms with van der Waals surface area (Å²) in [5.74, 6) is 0.732. The maximum atomic E-state index is 4.04. The first-order chi connectivity index (χ1) is 3.85. The minimum atomic E-state index is 0.732. The van der Waals surface area contributed by atoms with Crippen molar-refractivity contribution in [3.8, 4) is 0 Å². The molecule has 0 aromatic rings. The van der Waals surface area contributed by atoms with Crippen LogP contribution in [0.25, 0.3) is 0 Å². The Morgan fingerprint density at radius 1 is 1.50 bits per heavy atom. The molecule has 0 saturated carbocycles. The van der Waals surface area contributed by atoms with Crippen molar-refractivity contribution in [2.75, 3.05) is 5.75 Å². The Kier molecular flexibility index (Phi) is 4.47. The molecule has 0 amide bonds. The van der Waals surface area contributed by atoms with Gasteiger partial charge in [-0.1, -0.05) is 31.4 Å². The van der Waals surface area contributed by atoms with Gasteiger partial charge in [0.2, 0.25) is 0 Å². The highest BCUT2D eigenvalue weighted by Gasteiger charge is 1.79. The van der Waals surface area contributed by atoms with Crippen LogP contribution in [0.3, 0.4) is 0 Å². The first-order valence-corrected chi connectivity index (χ1v) is 3.03. The molecule has 0 aliphatic heterocycles. The Morgan fingerprint density at radius 2 is 2.12 bits per heavy atom. The lowest BCUT2D eigenvalue weighted by molar-refractivity contribution is 1.57. The van der Waals surface area contributed by atoms with Gasteiger partial charge >= 0.3 is 0 Å². The summed E-state index contributed by atoms with van der Waals surface area (Å²) < 4.78 is 0. The molecule has 0 radical (unpaired) electrons. The van der Waals surface area contributed by atoms with Crippen LogP contribution in [0.1, 0.15) is 0 Å². The van der Waals surface area contributed by atoms with E-state index in [1.807, 2.05) is 6.08 Å². The molecule has 0 nitrogen and oxygen atoms in total. The lowest BCUT2D eigenvalue weighted by atomic mass is 10.3. The Labute approximate surface area is 56.0 Å². The smallest absolute Gasteiger partial charge is 0.0154 e. The van der Waals surface area contributed by atoms with Crippen molar-refractivity contribution in [2.24, 2.45) is 0 Å². The summed E-state index contributed by atoms with van der Waals surface area (Å²) in [6.07, 6.45) is 5.39. The van der Waals surface area contributed by atoms with Crippen LogP contribution in [-0.4, -0.2) is 5.75 Å². The Bertz CT molecular complexity index is 112. The molecule has 1 heteroatoms. The van der Waals surface area contributed by atoms with Crippen molar-refractivity contribution in [1.29, 1.82) is 0 Å². The summed E-state index contributed by atoms with van der Waals surface area (Å²) in [5, 5.41) is 0. The van der Waals surface area contributed by atoms with Gasteiger partial charge in [0.25, 0.3) is 0 Å². The highest BCUT2D eigenvalue weighted by atomic mass is 32.1. The van der Waals surface area contributed by atoms with E-state index < -0.39 is 0 Å². The first kappa shape index (κ1) is 7.57. The zero-order chi connectivity index (χ0) is 6.41. The van der Waals surface area contributed by atoms with Gasteiger partial charge in [0.05, 0.1) is 0 Å². The molecule has 0 aromatic carbocycles. The molecule has 0 aliphatic carbocycles. The Morgan fingerprint density at radius 3 is 2.25 bits per heavy atom. The summed E-state index contributed by atoms with van der Waals surface area (Å²) in [4.78, 5) is 0. The van der Waals surface area contributed by atoms with E-state index in [1.54, 1.807) is 12.2 Å². The molecule has 44 valence electrons. The normalized spacial score (nSPS) is 10.9. The van der Waals surface area contributed by atoms with Gasteiger partial charge in [-0.25, -0.2) is 0 Å². The van der Waals surface area contributed by atoms with E-state index in [9.17, 15) is 0 Å². The van der Waals surface area contributed by atoms with E-state index in [0.29, 0.717) is 0 Å². The van der Waals surface area contributed by atoms with E-state index in [4.69, 9.17) is 0 Å². The minimum Gasteiger partial charge on any atom is -0.175 e. The molecule has 0 saturated heterocycles. The molecule has 0 N–H and O–H groups in total. The molecule has 0 aliphatic rings. The fraction of sp³-hybridized carbons (Fsp3) is 0.143. The second-order valence-corrected chi connectivity index (χ2v) is 1.66. The standard InChI is InChI=1S/C7H10S/c1-3-5-7(4-2)6-8/h3-5,8H,1-2,6H2. The van der Waals surface area contributed by atoms with Gasteiger partial charge in [0, 0.05) is 5.75 Å². The summed E-state index contributed by atoms with van der Waals surface area (Å²) in [6.45, 7) is 7.12. The predicted octanol–water partition coefficient (Wildman–Crippen LogP) is 2.21. The number of hydrogen-bond donors (Lipinski definition) is 1. The highest BCUT2D eigenvalue weighted by Crippen LogP contribution is 1.96. The Balaban J connectivity index is 3.84. The van der Waals surface area contributed by atoms with Gasteiger partial charge in [0.15, 0.2) is 0 Å². The number of rotatable bonds is 3. The molecule has 0 fully saturated rings. The van der Waals surface area contributed by atoms with Crippen LogP contribution in [-0.2, 0) is 0 Å². The summed E-state index contributed by atoms with van der Waals surface area (Å²) in [6, 6.07) is 0. The highest BCUT2D eigenvalue weighted by molar-refractivity contribution is 7.80. The van der Waals surface area contributed by atoms with Gasteiger partial charge in [-0.3, -0.25) is 0 Å². The number of allylic oxidation sites excluding steroid dienone is 3. The van der Waals surface area contributed by atoms with Crippen molar-refractivity contribution >= 4 is 12.6 Å². The van der Waals surface area contributed by atoms with Gasteiger partial charge in [-0.2, -0.15) is 12.6 Å². The molecule has 8 heavy (non-hydrogen) atoms. The SMILES string of the molecule is C=CC=C(C=C)CS. The molecule has 0 spiro atoms. The zero-order valence-electron chi connectivity index (χ0n) is 4.80. The van der Waals surface area contributed by atoms with Crippen LogP contribution in [0.15, 0.2) is 37.0 Å². The maximum absolute atomic E-state index is 4.04. The molecule has 0 aromatic heterocycles. The lowest BCUT2D eigenvalue weighted by Gasteiger charge is -1.88. The summed E-state index contributed by atoms with van der Waals surface area (Å²) in [5.41, 5.74) is 1.10. The minimum absolute atomic E-state index is 0.732. The number of hydrogen-bond acceptors (Lipinski definition) is 1. The molecule has 0 rings (SSSR count).